The zero-order valence-corrected chi connectivity index (χ0v) is 15.5. The minimum absolute atomic E-state index is 0.0950. The third kappa shape index (κ3) is 5.05. The van der Waals surface area contributed by atoms with Crippen molar-refractivity contribution in [2.45, 2.75) is 52.8 Å². The number of carbonyl (C=O) groups excluding carboxylic acids is 1. The summed E-state index contributed by atoms with van der Waals surface area (Å²) in [6.45, 7) is 9.50. The zero-order valence-electron chi connectivity index (χ0n) is 15.5. The van der Waals surface area contributed by atoms with Gasteiger partial charge < -0.3 is 15.0 Å². The fourth-order valence-electron chi connectivity index (χ4n) is 3.45. The minimum atomic E-state index is 0.0950. The Bertz CT molecular complexity index is 513. The first-order chi connectivity index (χ1) is 11.5. The number of likely N-dealkylation sites (tertiary alicyclic amines) is 1. The summed E-state index contributed by atoms with van der Waals surface area (Å²) in [6.07, 6.45) is 2.14. The van der Waals surface area contributed by atoms with Crippen molar-refractivity contribution in [3.63, 3.8) is 0 Å². The van der Waals surface area contributed by atoms with E-state index in [2.05, 4.69) is 41.4 Å². The summed E-state index contributed by atoms with van der Waals surface area (Å²) in [4.78, 5) is 14.3. The standard InChI is InChI=1S/C20H32N2O2/c1-5-18-13-22(20(23)15(2)3)11-10-19(18)21-12-16-6-8-17(9-7-16)14-24-4/h6-9,15,18-19,21H,5,10-14H2,1-4H3/t18-,19+/m1/s1. The van der Waals surface area contributed by atoms with Crippen molar-refractivity contribution in [1.29, 1.82) is 0 Å². The highest BCUT2D eigenvalue weighted by Crippen LogP contribution is 2.22. The van der Waals surface area contributed by atoms with Gasteiger partial charge in [-0.15, -0.1) is 0 Å². The van der Waals surface area contributed by atoms with Crippen molar-refractivity contribution in [2.75, 3.05) is 20.2 Å². The van der Waals surface area contributed by atoms with Gasteiger partial charge >= 0.3 is 0 Å². The van der Waals surface area contributed by atoms with Crippen LogP contribution in [0.15, 0.2) is 24.3 Å². The van der Waals surface area contributed by atoms with E-state index in [1.165, 1.54) is 11.1 Å². The Kier molecular flexibility index (Phi) is 7.25. The third-order valence-corrected chi connectivity index (χ3v) is 4.97. The average Bonchev–Trinajstić information content (AvgIpc) is 2.60. The highest BCUT2D eigenvalue weighted by molar-refractivity contribution is 5.78. The van der Waals surface area contributed by atoms with Crippen LogP contribution in [0, 0.1) is 11.8 Å². The summed E-state index contributed by atoms with van der Waals surface area (Å²) >= 11 is 0. The first-order valence-corrected chi connectivity index (χ1v) is 9.14. The van der Waals surface area contributed by atoms with Crippen molar-refractivity contribution < 1.29 is 9.53 Å². The molecule has 1 aliphatic rings. The molecule has 0 saturated carbocycles. The monoisotopic (exact) mass is 332 g/mol. The van der Waals surface area contributed by atoms with Crippen LogP contribution >= 0.6 is 0 Å². The summed E-state index contributed by atoms with van der Waals surface area (Å²) < 4.78 is 5.15. The Labute approximate surface area is 146 Å². The fraction of sp³-hybridized carbons (Fsp3) is 0.650. The normalized spacial score (nSPS) is 21.3. The molecule has 4 heteroatoms. The quantitative estimate of drug-likeness (QED) is 0.834. The van der Waals surface area contributed by atoms with E-state index < -0.39 is 0 Å². The molecule has 1 aromatic carbocycles. The van der Waals surface area contributed by atoms with E-state index in [9.17, 15) is 4.79 Å². The summed E-state index contributed by atoms with van der Waals surface area (Å²) in [5.41, 5.74) is 2.50. The average molecular weight is 332 g/mol. The van der Waals surface area contributed by atoms with E-state index >= 15 is 0 Å². The first kappa shape index (κ1) is 18.9. The second kappa shape index (κ2) is 9.19. The molecule has 2 atom stereocenters. The molecule has 1 saturated heterocycles. The van der Waals surface area contributed by atoms with E-state index in [0.717, 1.165) is 32.5 Å². The van der Waals surface area contributed by atoms with Gasteiger partial charge in [-0.05, 0) is 23.5 Å². The van der Waals surface area contributed by atoms with Gasteiger partial charge in [-0.25, -0.2) is 0 Å². The van der Waals surface area contributed by atoms with E-state index in [-0.39, 0.29) is 5.92 Å². The molecule has 1 amide bonds. The predicted octanol–water partition coefficient (Wildman–Crippen LogP) is 3.21. The van der Waals surface area contributed by atoms with Crippen molar-refractivity contribution >= 4 is 5.91 Å². The lowest BCUT2D eigenvalue weighted by molar-refractivity contribution is -0.136. The number of rotatable bonds is 7. The van der Waals surface area contributed by atoms with Gasteiger partial charge in [0.1, 0.15) is 0 Å². The number of hydrogen-bond acceptors (Lipinski definition) is 3. The third-order valence-electron chi connectivity index (χ3n) is 4.97. The maximum Gasteiger partial charge on any atom is 0.225 e. The summed E-state index contributed by atoms with van der Waals surface area (Å²) in [5, 5.41) is 3.71. The van der Waals surface area contributed by atoms with E-state index in [0.29, 0.717) is 24.5 Å². The molecular formula is C20H32N2O2. The maximum atomic E-state index is 12.2. The molecule has 0 aliphatic carbocycles. The Balaban J connectivity index is 1.87. The Hall–Kier alpha value is -1.39. The molecule has 4 nitrogen and oxygen atoms in total. The zero-order chi connectivity index (χ0) is 17.5. The number of ether oxygens (including phenoxy) is 1. The van der Waals surface area contributed by atoms with Gasteiger partial charge in [0.05, 0.1) is 6.61 Å². The van der Waals surface area contributed by atoms with Gasteiger partial charge in [-0.1, -0.05) is 51.5 Å². The lowest BCUT2D eigenvalue weighted by Crippen LogP contribution is -2.51. The number of carbonyl (C=O) groups is 1. The second-order valence-electron chi connectivity index (χ2n) is 7.13. The van der Waals surface area contributed by atoms with Crippen LogP contribution in [-0.4, -0.2) is 37.0 Å². The van der Waals surface area contributed by atoms with E-state index in [1.54, 1.807) is 7.11 Å². The largest absolute Gasteiger partial charge is 0.380 e. The molecule has 0 unspecified atom stereocenters. The van der Waals surface area contributed by atoms with Gasteiger partial charge in [0.25, 0.3) is 0 Å². The Morgan fingerprint density at radius 1 is 1.29 bits per heavy atom. The highest BCUT2D eigenvalue weighted by atomic mass is 16.5. The number of nitrogens with one attached hydrogen (secondary N) is 1. The van der Waals surface area contributed by atoms with Crippen molar-refractivity contribution in [3.8, 4) is 0 Å². The molecule has 0 aromatic heterocycles. The molecule has 1 fully saturated rings. The molecule has 1 aliphatic heterocycles. The van der Waals surface area contributed by atoms with Gasteiger partial charge in [0.2, 0.25) is 5.91 Å². The number of benzene rings is 1. The Morgan fingerprint density at radius 2 is 1.96 bits per heavy atom. The van der Waals surface area contributed by atoms with Crippen LogP contribution in [0.25, 0.3) is 0 Å². The number of amides is 1. The van der Waals surface area contributed by atoms with Crippen molar-refractivity contribution in [3.05, 3.63) is 35.4 Å². The van der Waals surface area contributed by atoms with Gasteiger partial charge in [0, 0.05) is 38.7 Å². The van der Waals surface area contributed by atoms with E-state index in [1.807, 2.05) is 13.8 Å². The molecule has 134 valence electrons. The highest BCUT2D eigenvalue weighted by Gasteiger charge is 2.30. The first-order valence-electron chi connectivity index (χ1n) is 9.14. The number of piperidine rings is 1. The lowest BCUT2D eigenvalue weighted by atomic mass is 9.89. The maximum absolute atomic E-state index is 12.2. The molecule has 0 spiro atoms. The van der Waals surface area contributed by atoms with Crippen LogP contribution in [0.3, 0.4) is 0 Å². The minimum Gasteiger partial charge on any atom is -0.380 e. The van der Waals surface area contributed by atoms with Crippen molar-refractivity contribution in [1.82, 2.24) is 10.2 Å². The second-order valence-corrected chi connectivity index (χ2v) is 7.13. The fourth-order valence-corrected chi connectivity index (χ4v) is 3.45. The molecule has 2 rings (SSSR count). The van der Waals surface area contributed by atoms with Gasteiger partial charge in [0.15, 0.2) is 0 Å². The van der Waals surface area contributed by atoms with Crippen LogP contribution in [0.4, 0.5) is 0 Å². The number of methoxy groups -OCH3 is 1. The molecule has 1 N–H and O–H groups in total. The van der Waals surface area contributed by atoms with Gasteiger partial charge in [-0.3, -0.25) is 4.79 Å². The topological polar surface area (TPSA) is 41.6 Å². The number of hydrogen-bond donors (Lipinski definition) is 1. The summed E-state index contributed by atoms with van der Waals surface area (Å²) in [5.74, 6) is 0.924. The van der Waals surface area contributed by atoms with Crippen LogP contribution in [0.1, 0.15) is 44.7 Å². The van der Waals surface area contributed by atoms with Crippen LogP contribution in [0.5, 0.6) is 0 Å². The molecular weight excluding hydrogens is 300 g/mol. The Morgan fingerprint density at radius 3 is 2.54 bits per heavy atom. The lowest BCUT2D eigenvalue weighted by Gasteiger charge is -2.39. The molecule has 0 radical (unpaired) electrons. The smallest absolute Gasteiger partial charge is 0.225 e. The predicted molar refractivity (Wildman–Crippen MR) is 97.6 cm³/mol. The molecule has 1 aromatic rings. The van der Waals surface area contributed by atoms with Crippen molar-refractivity contribution in [2.24, 2.45) is 11.8 Å². The van der Waals surface area contributed by atoms with Crippen LogP contribution in [0.2, 0.25) is 0 Å². The summed E-state index contributed by atoms with van der Waals surface area (Å²) in [6, 6.07) is 9.08. The summed E-state index contributed by atoms with van der Waals surface area (Å²) in [7, 11) is 1.72. The molecule has 0 bridgehead atoms. The van der Waals surface area contributed by atoms with Crippen LogP contribution in [-0.2, 0) is 22.7 Å². The van der Waals surface area contributed by atoms with Gasteiger partial charge in [-0.2, -0.15) is 0 Å². The molecule has 1 heterocycles. The van der Waals surface area contributed by atoms with E-state index in [4.69, 9.17) is 4.74 Å². The molecule has 24 heavy (non-hydrogen) atoms. The van der Waals surface area contributed by atoms with Crippen LogP contribution < -0.4 is 5.32 Å². The SMILES string of the molecule is CC[C@@H]1CN(C(=O)C(C)C)CC[C@@H]1NCc1ccc(COC)cc1. The number of nitrogens with zero attached hydrogens (tertiary/aromatic N) is 1.